The average Bonchev–Trinajstić information content (AvgIpc) is 3.53. The number of fused-ring (bicyclic) bond motifs is 2. The lowest BCUT2D eigenvalue weighted by Gasteiger charge is -2.30. The van der Waals surface area contributed by atoms with E-state index in [4.69, 9.17) is 14.2 Å². The van der Waals surface area contributed by atoms with Gasteiger partial charge in [-0.05, 0) is 64.5 Å². The van der Waals surface area contributed by atoms with E-state index < -0.39 is 0 Å². The number of hydrogen-bond acceptors (Lipinski definition) is 8. The summed E-state index contributed by atoms with van der Waals surface area (Å²) in [6.07, 6.45) is 0.753. The number of nitrogens with one attached hydrogen (secondary N) is 1. The minimum Gasteiger partial charge on any atom is -0.454 e. The molecule has 0 radical (unpaired) electrons. The first-order valence-corrected chi connectivity index (χ1v) is 12.1. The molecule has 0 aliphatic carbocycles. The first-order valence-electron chi connectivity index (χ1n) is 12.1. The fourth-order valence-electron chi connectivity index (χ4n) is 4.64. The summed E-state index contributed by atoms with van der Waals surface area (Å²) in [6, 6.07) is 13.9. The van der Waals surface area contributed by atoms with Crippen molar-refractivity contribution in [1.82, 2.24) is 30.1 Å². The van der Waals surface area contributed by atoms with Crippen molar-refractivity contribution in [2.24, 2.45) is 0 Å². The first-order chi connectivity index (χ1) is 17.6. The van der Waals surface area contributed by atoms with Crippen molar-refractivity contribution in [2.75, 3.05) is 20.5 Å². The first kappa shape index (κ1) is 24.0. The number of hydrogen-bond donors (Lipinski definition) is 1. The molecule has 2 aromatic carbocycles. The molecule has 0 fully saturated rings. The number of pyridine rings is 1. The Labute approximate surface area is 208 Å². The van der Waals surface area contributed by atoms with Crippen LogP contribution in [0.5, 0.6) is 11.5 Å². The van der Waals surface area contributed by atoms with Gasteiger partial charge in [0.1, 0.15) is 0 Å². The van der Waals surface area contributed by atoms with E-state index in [1.807, 2.05) is 49.4 Å². The van der Waals surface area contributed by atoms with E-state index >= 15 is 0 Å². The quantitative estimate of drug-likeness (QED) is 0.361. The Morgan fingerprint density at radius 1 is 1.14 bits per heavy atom. The van der Waals surface area contributed by atoms with Crippen molar-refractivity contribution in [3.8, 4) is 11.5 Å². The summed E-state index contributed by atoms with van der Waals surface area (Å²) in [5.41, 5.74) is 3.56. The molecule has 10 nitrogen and oxygen atoms in total. The SMILES string of the molecule is CC[C@H](c1nnnn1CCOC)N(Cc1ccc2c(c1)OCO2)Cc1cc2ccc(C)cc2[nH]c1=O. The van der Waals surface area contributed by atoms with Crippen molar-refractivity contribution in [2.45, 2.75) is 45.9 Å². The standard InChI is InChI=1S/C26H30N6O4/c1-4-22(25-28-29-30-32(25)9-10-34-3)31(14-18-6-8-23-24(12-18)36-16-35-23)15-20-13-19-7-5-17(2)11-21(19)27-26(20)33/h5-8,11-13,22H,4,9-10,14-16H2,1-3H3,(H,27,33)/t22-/m1/s1. The van der Waals surface area contributed by atoms with E-state index in [1.165, 1.54) is 0 Å². The molecule has 0 bridgehead atoms. The van der Waals surface area contributed by atoms with E-state index in [2.05, 4.69) is 32.3 Å². The Morgan fingerprint density at radius 3 is 2.83 bits per heavy atom. The Kier molecular flexibility index (Phi) is 6.97. The van der Waals surface area contributed by atoms with E-state index in [0.29, 0.717) is 31.8 Å². The zero-order valence-corrected chi connectivity index (χ0v) is 20.7. The molecule has 10 heteroatoms. The van der Waals surface area contributed by atoms with Gasteiger partial charge in [-0.1, -0.05) is 25.1 Å². The summed E-state index contributed by atoms with van der Waals surface area (Å²) in [5, 5.41) is 13.5. The van der Waals surface area contributed by atoms with Crippen LogP contribution in [-0.2, 0) is 24.4 Å². The molecule has 4 aromatic rings. The number of H-pyrrole nitrogens is 1. The summed E-state index contributed by atoms with van der Waals surface area (Å²) in [5.74, 6) is 2.20. The number of aromatic nitrogens is 5. The number of nitrogens with zero attached hydrogens (tertiary/aromatic N) is 5. The molecule has 2 aromatic heterocycles. The maximum atomic E-state index is 13.1. The van der Waals surface area contributed by atoms with E-state index in [-0.39, 0.29) is 18.4 Å². The highest BCUT2D eigenvalue weighted by atomic mass is 16.7. The fourth-order valence-corrected chi connectivity index (χ4v) is 4.64. The maximum Gasteiger partial charge on any atom is 0.252 e. The third kappa shape index (κ3) is 4.95. The molecule has 188 valence electrons. The minimum atomic E-state index is -0.129. The zero-order chi connectivity index (χ0) is 25.1. The topological polar surface area (TPSA) is 107 Å². The molecule has 0 saturated carbocycles. The minimum absolute atomic E-state index is 0.0994. The van der Waals surface area contributed by atoms with E-state index in [9.17, 15) is 4.79 Å². The van der Waals surface area contributed by atoms with Crippen LogP contribution in [0.4, 0.5) is 0 Å². The van der Waals surface area contributed by atoms with Gasteiger partial charge in [-0.15, -0.1) is 5.10 Å². The molecule has 3 heterocycles. The van der Waals surface area contributed by atoms with Gasteiger partial charge in [-0.3, -0.25) is 9.69 Å². The van der Waals surface area contributed by atoms with E-state index in [0.717, 1.165) is 45.8 Å². The van der Waals surface area contributed by atoms with Crippen LogP contribution < -0.4 is 15.0 Å². The van der Waals surface area contributed by atoms with Gasteiger partial charge < -0.3 is 19.2 Å². The monoisotopic (exact) mass is 490 g/mol. The van der Waals surface area contributed by atoms with Crippen molar-refractivity contribution in [3.63, 3.8) is 0 Å². The van der Waals surface area contributed by atoms with Crippen LogP contribution in [0.3, 0.4) is 0 Å². The van der Waals surface area contributed by atoms with Crippen molar-refractivity contribution in [3.05, 3.63) is 75.3 Å². The molecule has 1 aliphatic heterocycles. The number of aryl methyl sites for hydroxylation is 1. The molecule has 1 atom stereocenters. The van der Waals surface area contributed by atoms with Crippen LogP contribution in [0.2, 0.25) is 0 Å². The Bertz CT molecular complexity index is 1420. The van der Waals surface area contributed by atoms with Gasteiger partial charge in [0.15, 0.2) is 17.3 Å². The second kappa shape index (κ2) is 10.5. The third-order valence-electron chi connectivity index (χ3n) is 6.47. The second-order valence-electron chi connectivity index (χ2n) is 8.98. The predicted molar refractivity (Wildman–Crippen MR) is 134 cm³/mol. The van der Waals surface area contributed by atoms with Gasteiger partial charge in [-0.25, -0.2) is 4.68 Å². The fraction of sp³-hybridized carbons (Fsp3) is 0.385. The summed E-state index contributed by atoms with van der Waals surface area (Å²) in [4.78, 5) is 18.4. The Balaban J connectivity index is 1.52. The highest BCUT2D eigenvalue weighted by Gasteiger charge is 2.26. The van der Waals surface area contributed by atoms with Crippen molar-refractivity contribution in [1.29, 1.82) is 0 Å². The number of rotatable bonds is 10. The molecule has 0 unspecified atom stereocenters. The summed E-state index contributed by atoms with van der Waals surface area (Å²) >= 11 is 0. The molecule has 1 N–H and O–H groups in total. The molecule has 0 spiro atoms. The lowest BCUT2D eigenvalue weighted by atomic mass is 10.1. The summed E-state index contributed by atoms with van der Waals surface area (Å²) in [7, 11) is 1.65. The number of ether oxygens (including phenoxy) is 3. The Hall–Kier alpha value is -3.76. The lowest BCUT2D eigenvalue weighted by molar-refractivity contribution is 0.150. The van der Waals surface area contributed by atoms with Crippen LogP contribution in [-0.4, -0.2) is 50.6 Å². The van der Waals surface area contributed by atoms with Crippen LogP contribution >= 0.6 is 0 Å². The lowest BCUT2D eigenvalue weighted by Crippen LogP contribution is -2.32. The maximum absolute atomic E-state index is 13.1. The summed E-state index contributed by atoms with van der Waals surface area (Å²) in [6.45, 7) is 6.36. The molecule has 0 saturated heterocycles. The predicted octanol–water partition coefficient (Wildman–Crippen LogP) is 3.35. The molecule has 5 rings (SSSR count). The summed E-state index contributed by atoms with van der Waals surface area (Å²) < 4.78 is 18.1. The van der Waals surface area contributed by atoms with Crippen LogP contribution in [0, 0.1) is 6.92 Å². The smallest absolute Gasteiger partial charge is 0.252 e. The van der Waals surface area contributed by atoms with Crippen LogP contribution in [0.25, 0.3) is 10.9 Å². The second-order valence-corrected chi connectivity index (χ2v) is 8.98. The van der Waals surface area contributed by atoms with Gasteiger partial charge >= 0.3 is 0 Å². The largest absolute Gasteiger partial charge is 0.454 e. The van der Waals surface area contributed by atoms with Gasteiger partial charge in [0.2, 0.25) is 6.79 Å². The number of aromatic amines is 1. The highest BCUT2D eigenvalue weighted by Crippen LogP contribution is 2.34. The molecular formula is C26H30N6O4. The van der Waals surface area contributed by atoms with Crippen LogP contribution in [0.15, 0.2) is 47.3 Å². The zero-order valence-electron chi connectivity index (χ0n) is 20.7. The van der Waals surface area contributed by atoms with Gasteiger partial charge in [0, 0.05) is 31.3 Å². The van der Waals surface area contributed by atoms with E-state index in [1.54, 1.807) is 11.8 Å². The molecular weight excluding hydrogens is 460 g/mol. The Morgan fingerprint density at radius 2 is 2.00 bits per heavy atom. The van der Waals surface area contributed by atoms with Gasteiger partial charge in [0.05, 0.1) is 19.2 Å². The number of methoxy groups -OCH3 is 1. The van der Waals surface area contributed by atoms with Crippen LogP contribution in [0.1, 0.15) is 41.9 Å². The molecule has 1 aliphatic rings. The molecule has 36 heavy (non-hydrogen) atoms. The third-order valence-corrected chi connectivity index (χ3v) is 6.47. The average molecular weight is 491 g/mol. The number of tetrazole rings is 1. The van der Waals surface area contributed by atoms with Crippen molar-refractivity contribution >= 4 is 10.9 Å². The highest BCUT2D eigenvalue weighted by molar-refractivity contribution is 5.79. The normalized spacial score (nSPS) is 13.6. The molecule has 0 amide bonds. The number of benzene rings is 2. The van der Waals surface area contributed by atoms with Crippen molar-refractivity contribution < 1.29 is 14.2 Å². The van der Waals surface area contributed by atoms with Gasteiger partial charge in [-0.2, -0.15) is 0 Å². The van der Waals surface area contributed by atoms with Gasteiger partial charge in [0.25, 0.3) is 5.56 Å².